The smallest absolute Gasteiger partial charge is 0.245 e. The molecule has 0 aromatic carbocycles. The van der Waals surface area contributed by atoms with E-state index < -0.39 is 6.04 Å². The maximum atomic E-state index is 12.1. The minimum Gasteiger partial charge on any atom is -0.378 e. The summed E-state index contributed by atoms with van der Waals surface area (Å²) in [5, 5.41) is 11.7. The molecule has 1 N–H and O–H groups in total. The predicted molar refractivity (Wildman–Crippen MR) is 67.2 cm³/mol. The van der Waals surface area contributed by atoms with E-state index in [0.717, 1.165) is 0 Å². The number of ether oxygens (including phenoxy) is 1. The van der Waals surface area contributed by atoms with E-state index in [2.05, 4.69) is 15.3 Å². The second kappa shape index (κ2) is 6.11. The number of carbonyl (C=O) groups excluding carboxylic acids is 1. The SMILES string of the molecule is CC(Nc1nccc(C#N)n1)C(=O)N1CCOCC1. The van der Waals surface area contributed by atoms with Crippen molar-refractivity contribution < 1.29 is 9.53 Å². The summed E-state index contributed by atoms with van der Waals surface area (Å²) in [5.74, 6) is 0.266. The van der Waals surface area contributed by atoms with Gasteiger partial charge in [-0.25, -0.2) is 9.97 Å². The molecule has 7 heteroatoms. The average Bonchev–Trinajstić information content (AvgIpc) is 2.47. The Morgan fingerprint density at radius 2 is 2.32 bits per heavy atom. The molecule has 1 aliphatic rings. The zero-order valence-electron chi connectivity index (χ0n) is 10.7. The summed E-state index contributed by atoms with van der Waals surface area (Å²) >= 11 is 0. The number of nitrogens with zero attached hydrogens (tertiary/aromatic N) is 4. The van der Waals surface area contributed by atoms with Crippen LogP contribution in [0.15, 0.2) is 12.3 Å². The highest BCUT2D eigenvalue weighted by molar-refractivity contribution is 5.83. The predicted octanol–water partition coefficient (Wildman–Crippen LogP) is 0.00748. The molecule has 1 amide bonds. The van der Waals surface area contributed by atoms with Gasteiger partial charge in [0, 0.05) is 19.3 Å². The maximum absolute atomic E-state index is 12.1. The van der Waals surface area contributed by atoms with Crippen LogP contribution in [0.1, 0.15) is 12.6 Å². The van der Waals surface area contributed by atoms with Crippen LogP contribution in [0.3, 0.4) is 0 Å². The van der Waals surface area contributed by atoms with Gasteiger partial charge in [0.05, 0.1) is 13.2 Å². The van der Waals surface area contributed by atoms with Crippen molar-refractivity contribution in [3.63, 3.8) is 0 Å². The highest BCUT2D eigenvalue weighted by atomic mass is 16.5. The topological polar surface area (TPSA) is 91.1 Å². The first-order valence-corrected chi connectivity index (χ1v) is 6.07. The Labute approximate surface area is 111 Å². The van der Waals surface area contributed by atoms with E-state index in [9.17, 15) is 4.79 Å². The van der Waals surface area contributed by atoms with Gasteiger partial charge in [0.2, 0.25) is 11.9 Å². The number of aromatic nitrogens is 2. The first-order valence-electron chi connectivity index (χ1n) is 6.07. The summed E-state index contributed by atoms with van der Waals surface area (Å²) in [6.45, 7) is 4.09. The van der Waals surface area contributed by atoms with Gasteiger partial charge in [-0.3, -0.25) is 4.79 Å². The zero-order valence-corrected chi connectivity index (χ0v) is 10.7. The molecule has 1 aromatic heterocycles. The van der Waals surface area contributed by atoms with Crippen LogP contribution in [0.4, 0.5) is 5.95 Å². The van der Waals surface area contributed by atoms with E-state index in [1.54, 1.807) is 11.8 Å². The lowest BCUT2D eigenvalue weighted by Crippen LogP contribution is -2.47. The molecule has 7 nitrogen and oxygen atoms in total. The first kappa shape index (κ1) is 13.2. The monoisotopic (exact) mass is 261 g/mol. The molecule has 0 spiro atoms. The fraction of sp³-hybridized carbons (Fsp3) is 0.500. The number of nitriles is 1. The molecule has 1 aliphatic heterocycles. The molecular weight excluding hydrogens is 246 g/mol. The highest BCUT2D eigenvalue weighted by Crippen LogP contribution is 2.06. The van der Waals surface area contributed by atoms with E-state index in [0.29, 0.717) is 26.3 Å². The van der Waals surface area contributed by atoms with Gasteiger partial charge in [-0.2, -0.15) is 5.26 Å². The second-order valence-corrected chi connectivity index (χ2v) is 4.18. The molecule has 0 saturated carbocycles. The van der Waals surface area contributed by atoms with E-state index in [1.807, 2.05) is 6.07 Å². The number of nitrogens with one attached hydrogen (secondary N) is 1. The number of hydrogen-bond donors (Lipinski definition) is 1. The third-order valence-corrected chi connectivity index (χ3v) is 2.81. The molecule has 1 fully saturated rings. The molecule has 0 bridgehead atoms. The summed E-state index contributed by atoms with van der Waals surface area (Å²) in [7, 11) is 0. The van der Waals surface area contributed by atoms with E-state index >= 15 is 0 Å². The van der Waals surface area contributed by atoms with Gasteiger partial charge >= 0.3 is 0 Å². The van der Waals surface area contributed by atoms with E-state index in [1.165, 1.54) is 12.3 Å². The number of amides is 1. The molecule has 100 valence electrons. The lowest BCUT2D eigenvalue weighted by Gasteiger charge is -2.29. The number of rotatable bonds is 3. The van der Waals surface area contributed by atoms with Crippen molar-refractivity contribution in [3.8, 4) is 6.07 Å². The third-order valence-electron chi connectivity index (χ3n) is 2.81. The molecule has 0 radical (unpaired) electrons. The molecule has 1 unspecified atom stereocenters. The van der Waals surface area contributed by atoms with E-state index in [-0.39, 0.29) is 17.5 Å². The van der Waals surface area contributed by atoms with Crippen molar-refractivity contribution in [2.24, 2.45) is 0 Å². The van der Waals surface area contributed by atoms with Crippen LogP contribution in [0, 0.1) is 11.3 Å². The summed E-state index contributed by atoms with van der Waals surface area (Å²) in [6, 6.07) is 3.01. The summed E-state index contributed by atoms with van der Waals surface area (Å²) in [6.07, 6.45) is 1.49. The standard InChI is InChI=1S/C12H15N5O2/c1-9(11(18)17-4-6-19-7-5-17)15-12-14-3-2-10(8-13)16-12/h2-3,9H,4-7H2,1H3,(H,14,15,16). The van der Waals surface area contributed by atoms with Gasteiger partial charge < -0.3 is 15.0 Å². The van der Waals surface area contributed by atoms with Crippen LogP contribution in [0.25, 0.3) is 0 Å². The van der Waals surface area contributed by atoms with Crippen molar-refractivity contribution in [1.29, 1.82) is 5.26 Å². The molecule has 1 saturated heterocycles. The summed E-state index contributed by atoms with van der Waals surface area (Å²) in [4.78, 5) is 21.9. The minimum atomic E-state index is -0.438. The third kappa shape index (κ3) is 3.39. The van der Waals surface area contributed by atoms with Crippen LogP contribution in [-0.2, 0) is 9.53 Å². The number of morpholine rings is 1. The van der Waals surface area contributed by atoms with Crippen molar-refractivity contribution in [1.82, 2.24) is 14.9 Å². The quantitative estimate of drug-likeness (QED) is 0.824. The van der Waals surface area contributed by atoms with Crippen LogP contribution < -0.4 is 5.32 Å². The van der Waals surface area contributed by atoms with Crippen LogP contribution in [0.2, 0.25) is 0 Å². The molecule has 2 heterocycles. The molecule has 1 aromatic rings. The Kier molecular flexibility index (Phi) is 4.26. The normalized spacial score (nSPS) is 16.5. The Morgan fingerprint density at radius 1 is 1.58 bits per heavy atom. The highest BCUT2D eigenvalue weighted by Gasteiger charge is 2.22. The van der Waals surface area contributed by atoms with E-state index in [4.69, 9.17) is 10.00 Å². The number of carbonyl (C=O) groups is 1. The fourth-order valence-corrected chi connectivity index (χ4v) is 1.80. The number of anilines is 1. The van der Waals surface area contributed by atoms with Crippen molar-refractivity contribution >= 4 is 11.9 Å². The lowest BCUT2D eigenvalue weighted by molar-refractivity contribution is -0.135. The summed E-state index contributed by atoms with van der Waals surface area (Å²) in [5.41, 5.74) is 0.267. The van der Waals surface area contributed by atoms with Crippen LogP contribution in [0.5, 0.6) is 0 Å². The minimum absolute atomic E-state index is 0.0192. The first-order chi connectivity index (χ1) is 9.20. The van der Waals surface area contributed by atoms with Crippen LogP contribution >= 0.6 is 0 Å². The molecular formula is C12H15N5O2. The molecule has 1 atom stereocenters. The van der Waals surface area contributed by atoms with Gasteiger partial charge in [0.25, 0.3) is 0 Å². The van der Waals surface area contributed by atoms with Gasteiger partial charge in [-0.1, -0.05) is 0 Å². The average molecular weight is 261 g/mol. The Hall–Kier alpha value is -2.20. The molecule has 0 aliphatic carbocycles. The van der Waals surface area contributed by atoms with Crippen molar-refractivity contribution in [3.05, 3.63) is 18.0 Å². The maximum Gasteiger partial charge on any atom is 0.245 e. The number of hydrogen-bond acceptors (Lipinski definition) is 6. The van der Waals surface area contributed by atoms with Gasteiger partial charge in [-0.05, 0) is 13.0 Å². The van der Waals surface area contributed by atoms with Crippen molar-refractivity contribution in [2.75, 3.05) is 31.6 Å². The largest absolute Gasteiger partial charge is 0.378 e. The lowest BCUT2D eigenvalue weighted by atomic mass is 10.2. The Morgan fingerprint density at radius 3 is 3.00 bits per heavy atom. The van der Waals surface area contributed by atoms with Gasteiger partial charge in [-0.15, -0.1) is 0 Å². The molecule has 19 heavy (non-hydrogen) atoms. The van der Waals surface area contributed by atoms with Crippen molar-refractivity contribution in [2.45, 2.75) is 13.0 Å². The Bertz CT molecular complexity index is 493. The molecule has 2 rings (SSSR count). The fourth-order valence-electron chi connectivity index (χ4n) is 1.80. The van der Waals surface area contributed by atoms with Crippen LogP contribution in [-0.4, -0.2) is 53.1 Å². The van der Waals surface area contributed by atoms with Gasteiger partial charge in [0.15, 0.2) is 0 Å². The summed E-state index contributed by atoms with van der Waals surface area (Å²) < 4.78 is 5.20. The van der Waals surface area contributed by atoms with Gasteiger partial charge in [0.1, 0.15) is 17.8 Å². The Balaban J connectivity index is 1.97. The second-order valence-electron chi connectivity index (χ2n) is 4.18. The zero-order chi connectivity index (χ0) is 13.7.